The van der Waals surface area contributed by atoms with E-state index in [1.54, 1.807) is 6.92 Å². The van der Waals surface area contributed by atoms with Crippen LogP contribution in [0, 0.1) is 5.92 Å². The van der Waals surface area contributed by atoms with Crippen LogP contribution in [0.5, 0.6) is 0 Å². The smallest absolute Gasteiger partial charge is 0.338 e. The van der Waals surface area contributed by atoms with Crippen molar-refractivity contribution in [1.29, 1.82) is 0 Å². The molecule has 0 aromatic rings. The molecule has 1 heterocycles. The Kier molecular flexibility index (Phi) is 6.62. The van der Waals surface area contributed by atoms with E-state index >= 15 is 0 Å². The summed E-state index contributed by atoms with van der Waals surface area (Å²) in [6.45, 7) is 14.9. The third-order valence-corrected chi connectivity index (χ3v) is 11.1. The average molecular weight is 396 g/mol. The summed E-state index contributed by atoms with van der Waals surface area (Å²) in [7, 11) is -2.17. The maximum Gasteiger partial charge on any atom is 0.338 e. The van der Waals surface area contributed by atoms with E-state index in [2.05, 4.69) is 39.2 Å². The highest BCUT2D eigenvalue weighted by molar-refractivity contribution is 6.74. The summed E-state index contributed by atoms with van der Waals surface area (Å²) in [6, 6.07) is 0. The zero-order chi connectivity index (χ0) is 20.5. The van der Waals surface area contributed by atoms with Gasteiger partial charge in [0.1, 0.15) is 0 Å². The van der Waals surface area contributed by atoms with Crippen molar-refractivity contribution in [2.24, 2.45) is 5.92 Å². The van der Waals surface area contributed by atoms with Crippen molar-refractivity contribution < 1.29 is 18.8 Å². The molecule has 0 aromatic carbocycles. The second kappa shape index (κ2) is 8.07. The molecular formula is C21H37NO4Si. The van der Waals surface area contributed by atoms with Crippen LogP contribution in [0.25, 0.3) is 0 Å². The molecule has 2 rings (SSSR count). The molecule has 0 spiro atoms. The fraction of sp³-hybridized carbons (Fsp3) is 0.810. The third kappa shape index (κ3) is 4.32. The lowest BCUT2D eigenvalue weighted by Gasteiger charge is -2.48. The number of rotatable bonds is 6. The Bertz CT molecular complexity index is 602. The predicted molar refractivity (Wildman–Crippen MR) is 110 cm³/mol. The number of ether oxygens (including phenoxy) is 1. The van der Waals surface area contributed by atoms with Crippen LogP contribution in [-0.4, -0.2) is 38.4 Å². The van der Waals surface area contributed by atoms with Gasteiger partial charge in [-0.15, -0.1) is 0 Å². The van der Waals surface area contributed by atoms with E-state index in [-0.39, 0.29) is 35.5 Å². The fourth-order valence-electron chi connectivity index (χ4n) is 3.98. The number of carbonyl (C=O) groups excluding carboxylic acids is 2. The highest BCUT2D eigenvalue weighted by Crippen LogP contribution is 2.44. The first-order valence-corrected chi connectivity index (χ1v) is 13.2. The Morgan fingerprint density at radius 2 is 1.89 bits per heavy atom. The molecule has 1 amide bonds. The van der Waals surface area contributed by atoms with E-state index in [1.165, 1.54) is 12.5 Å². The number of carbonyl (C=O) groups is 2. The van der Waals surface area contributed by atoms with Gasteiger partial charge in [0.25, 0.3) is 0 Å². The van der Waals surface area contributed by atoms with Crippen molar-refractivity contribution in [2.45, 2.75) is 96.5 Å². The van der Waals surface area contributed by atoms with Gasteiger partial charge in [0.05, 0.1) is 12.7 Å². The largest absolute Gasteiger partial charge is 0.464 e. The number of esters is 1. The minimum absolute atomic E-state index is 0.00992. The molecule has 1 N–H and O–H groups in total. The molecule has 1 fully saturated rings. The van der Waals surface area contributed by atoms with Gasteiger partial charge in [-0.25, -0.2) is 4.79 Å². The summed E-state index contributed by atoms with van der Waals surface area (Å²) in [4.78, 5) is 25.5. The third-order valence-electron chi connectivity index (χ3n) is 6.62. The molecule has 6 heteroatoms. The van der Waals surface area contributed by atoms with Crippen molar-refractivity contribution in [3.63, 3.8) is 0 Å². The van der Waals surface area contributed by atoms with Crippen molar-refractivity contribution in [3.05, 3.63) is 11.6 Å². The van der Waals surface area contributed by atoms with Crippen LogP contribution >= 0.6 is 0 Å². The second-order valence-corrected chi connectivity index (χ2v) is 14.3. The first-order chi connectivity index (χ1) is 12.5. The van der Waals surface area contributed by atoms with Crippen LogP contribution in [0.4, 0.5) is 0 Å². The lowest BCUT2D eigenvalue weighted by Crippen LogP contribution is -2.66. The minimum Gasteiger partial charge on any atom is -0.464 e. The Hall–Kier alpha value is -1.14. The second-order valence-electron chi connectivity index (χ2n) is 9.54. The van der Waals surface area contributed by atoms with E-state index in [9.17, 15) is 9.59 Å². The SMILES string of the molecule is CCOC(=O)[C@]1([C@@H](O[Si](C)(C)C(C)(C)C)C2CCCCC2)NC(=O)C=C1C. The van der Waals surface area contributed by atoms with Crippen LogP contribution < -0.4 is 5.32 Å². The molecule has 0 unspecified atom stereocenters. The molecule has 0 radical (unpaired) electrons. The van der Waals surface area contributed by atoms with Crippen LogP contribution in [0.1, 0.15) is 66.7 Å². The average Bonchev–Trinajstić information content (AvgIpc) is 2.88. The normalized spacial score (nSPS) is 25.7. The van der Waals surface area contributed by atoms with Gasteiger partial charge < -0.3 is 14.5 Å². The Morgan fingerprint density at radius 1 is 1.30 bits per heavy atom. The van der Waals surface area contributed by atoms with Crippen molar-refractivity contribution in [2.75, 3.05) is 6.61 Å². The van der Waals surface area contributed by atoms with E-state index in [0.29, 0.717) is 5.57 Å². The monoisotopic (exact) mass is 395 g/mol. The molecule has 2 atom stereocenters. The molecule has 154 valence electrons. The standard InChI is InChI=1S/C21H37NO4Si/c1-8-25-19(24)21(15(2)14-17(23)22-21)18(16-12-10-9-11-13-16)26-27(6,7)20(3,4)5/h14,16,18H,8-13H2,1-7H3,(H,22,23)/t18-,21-/m0/s1. The summed E-state index contributed by atoms with van der Waals surface area (Å²) in [5.74, 6) is -0.391. The lowest BCUT2D eigenvalue weighted by molar-refractivity contribution is -0.156. The number of nitrogens with one attached hydrogen (secondary N) is 1. The van der Waals surface area contributed by atoms with Gasteiger partial charge >= 0.3 is 5.97 Å². The topological polar surface area (TPSA) is 64.6 Å². The zero-order valence-electron chi connectivity index (χ0n) is 18.1. The summed E-state index contributed by atoms with van der Waals surface area (Å²) in [6.07, 6.45) is 6.67. The Labute approximate surface area is 165 Å². The zero-order valence-corrected chi connectivity index (χ0v) is 19.1. The first-order valence-electron chi connectivity index (χ1n) is 10.3. The maximum absolute atomic E-state index is 13.2. The van der Waals surface area contributed by atoms with Crippen molar-refractivity contribution in [1.82, 2.24) is 5.32 Å². The Balaban J connectivity index is 2.52. The number of amides is 1. The molecule has 2 aliphatic rings. The van der Waals surface area contributed by atoms with E-state index in [0.717, 1.165) is 25.7 Å². The summed E-state index contributed by atoms with van der Waals surface area (Å²) < 4.78 is 12.4. The Morgan fingerprint density at radius 3 is 2.33 bits per heavy atom. The van der Waals surface area contributed by atoms with Crippen LogP contribution in [0.3, 0.4) is 0 Å². The van der Waals surface area contributed by atoms with Gasteiger partial charge in [-0.1, -0.05) is 40.0 Å². The van der Waals surface area contributed by atoms with Gasteiger partial charge in [0.2, 0.25) is 5.91 Å². The molecule has 0 aromatic heterocycles. The van der Waals surface area contributed by atoms with Gasteiger partial charge in [-0.05, 0) is 56.3 Å². The van der Waals surface area contributed by atoms with Gasteiger partial charge in [-0.3, -0.25) is 4.79 Å². The predicted octanol–water partition coefficient (Wildman–Crippen LogP) is 4.34. The molecule has 1 aliphatic carbocycles. The van der Waals surface area contributed by atoms with Gasteiger partial charge in [-0.2, -0.15) is 0 Å². The summed E-state index contributed by atoms with van der Waals surface area (Å²) in [5.41, 5.74) is -0.495. The van der Waals surface area contributed by atoms with Gasteiger partial charge in [0, 0.05) is 6.08 Å². The molecule has 0 bridgehead atoms. The molecule has 27 heavy (non-hydrogen) atoms. The minimum atomic E-state index is -2.17. The van der Waals surface area contributed by atoms with E-state index < -0.39 is 13.9 Å². The number of hydrogen-bond acceptors (Lipinski definition) is 4. The highest BCUT2D eigenvalue weighted by Gasteiger charge is 2.58. The molecule has 1 saturated carbocycles. The van der Waals surface area contributed by atoms with Crippen LogP contribution in [0.15, 0.2) is 11.6 Å². The molecular weight excluding hydrogens is 358 g/mol. The van der Waals surface area contributed by atoms with E-state index in [4.69, 9.17) is 9.16 Å². The van der Waals surface area contributed by atoms with Crippen LogP contribution in [-0.2, 0) is 18.8 Å². The van der Waals surface area contributed by atoms with Gasteiger partial charge in [0.15, 0.2) is 13.9 Å². The highest BCUT2D eigenvalue weighted by atomic mass is 28.4. The quantitative estimate of drug-likeness (QED) is 0.537. The summed E-state index contributed by atoms with van der Waals surface area (Å²) >= 11 is 0. The number of hydrogen-bond donors (Lipinski definition) is 1. The van der Waals surface area contributed by atoms with Crippen molar-refractivity contribution >= 4 is 20.2 Å². The first kappa shape index (κ1) is 22.1. The fourth-order valence-corrected chi connectivity index (χ4v) is 5.33. The van der Waals surface area contributed by atoms with Crippen molar-refractivity contribution in [3.8, 4) is 0 Å². The lowest BCUT2D eigenvalue weighted by atomic mass is 9.74. The maximum atomic E-state index is 13.2. The summed E-state index contributed by atoms with van der Waals surface area (Å²) in [5, 5.41) is 2.97. The van der Waals surface area contributed by atoms with E-state index in [1.807, 2.05) is 6.92 Å². The van der Waals surface area contributed by atoms with Crippen LogP contribution in [0.2, 0.25) is 18.1 Å². The molecule has 0 saturated heterocycles. The molecule has 5 nitrogen and oxygen atoms in total. The molecule has 1 aliphatic heterocycles.